The molecule has 144 valence electrons. The van der Waals surface area contributed by atoms with Gasteiger partial charge < -0.3 is 15.1 Å². The van der Waals surface area contributed by atoms with E-state index in [1.807, 2.05) is 11.8 Å². The van der Waals surface area contributed by atoms with E-state index in [4.69, 9.17) is 0 Å². The van der Waals surface area contributed by atoms with Gasteiger partial charge in [-0.25, -0.2) is 4.79 Å². The predicted octanol–water partition coefficient (Wildman–Crippen LogP) is 4.14. The molecule has 4 nitrogen and oxygen atoms in total. The lowest BCUT2D eigenvalue weighted by Crippen LogP contribution is -2.49. The molecule has 1 atom stereocenters. The quantitative estimate of drug-likeness (QED) is 0.847. The van der Waals surface area contributed by atoms with Crippen LogP contribution in [0.25, 0.3) is 0 Å². The van der Waals surface area contributed by atoms with Crippen LogP contribution in [0.15, 0.2) is 24.3 Å². The summed E-state index contributed by atoms with van der Waals surface area (Å²) in [5, 5.41) is 2.51. The van der Waals surface area contributed by atoms with Crippen LogP contribution >= 0.6 is 11.8 Å². The number of rotatable bonds is 3. The molecule has 0 bridgehead atoms. The maximum Gasteiger partial charge on any atom is 0.418 e. The van der Waals surface area contributed by atoms with Crippen molar-refractivity contribution in [1.29, 1.82) is 0 Å². The number of para-hydroxylation sites is 1. The fourth-order valence-corrected chi connectivity index (χ4v) is 4.59. The number of urea groups is 1. The van der Waals surface area contributed by atoms with E-state index in [9.17, 15) is 18.0 Å². The zero-order chi connectivity index (χ0) is 18.6. The number of halogens is 3. The molecule has 0 aliphatic carbocycles. The Morgan fingerprint density at radius 1 is 1.15 bits per heavy atom. The summed E-state index contributed by atoms with van der Waals surface area (Å²) >= 11 is 1.81. The Balaban J connectivity index is 1.73. The normalized spacial score (nSPS) is 22.3. The van der Waals surface area contributed by atoms with Gasteiger partial charge in [-0.15, -0.1) is 0 Å². The van der Waals surface area contributed by atoms with E-state index in [2.05, 4.69) is 10.2 Å². The van der Waals surface area contributed by atoms with E-state index < -0.39 is 17.8 Å². The molecular formula is C18H24F3N3OS. The molecule has 1 N–H and O–H groups in total. The van der Waals surface area contributed by atoms with Crippen molar-refractivity contribution in [1.82, 2.24) is 9.80 Å². The summed E-state index contributed by atoms with van der Waals surface area (Å²) in [5.41, 5.74) is -0.990. The molecule has 0 saturated carbocycles. The van der Waals surface area contributed by atoms with Crippen LogP contribution < -0.4 is 5.32 Å². The van der Waals surface area contributed by atoms with Crippen LogP contribution in [0.3, 0.4) is 0 Å². The number of benzene rings is 1. The van der Waals surface area contributed by atoms with Crippen molar-refractivity contribution in [3.8, 4) is 0 Å². The van der Waals surface area contributed by atoms with Crippen molar-refractivity contribution in [2.45, 2.75) is 31.5 Å². The number of nitrogens with one attached hydrogen (secondary N) is 1. The van der Waals surface area contributed by atoms with Gasteiger partial charge >= 0.3 is 12.2 Å². The highest BCUT2D eigenvalue weighted by Gasteiger charge is 2.35. The highest BCUT2D eigenvalue weighted by atomic mass is 32.2. The largest absolute Gasteiger partial charge is 0.418 e. The third-order valence-electron chi connectivity index (χ3n) is 4.84. The number of hydrogen-bond acceptors (Lipinski definition) is 3. The lowest BCUT2D eigenvalue weighted by molar-refractivity contribution is -0.136. The highest BCUT2D eigenvalue weighted by Crippen LogP contribution is 2.34. The highest BCUT2D eigenvalue weighted by molar-refractivity contribution is 7.99. The minimum atomic E-state index is -4.49. The molecule has 0 aromatic heterocycles. The summed E-state index contributed by atoms with van der Waals surface area (Å²) in [6.07, 6.45) is -1.29. The van der Waals surface area contributed by atoms with Gasteiger partial charge in [-0.3, -0.25) is 0 Å². The molecule has 0 unspecified atom stereocenters. The second kappa shape index (κ2) is 8.52. The summed E-state index contributed by atoms with van der Waals surface area (Å²) in [7, 11) is 0. The van der Waals surface area contributed by atoms with Gasteiger partial charge in [0.05, 0.1) is 17.3 Å². The molecule has 3 rings (SSSR count). The Bertz CT molecular complexity index is 620. The fourth-order valence-electron chi connectivity index (χ4n) is 3.54. The van der Waals surface area contributed by atoms with Gasteiger partial charge in [0.25, 0.3) is 0 Å². The van der Waals surface area contributed by atoms with E-state index in [1.165, 1.54) is 31.0 Å². The van der Waals surface area contributed by atoms with Crippen molar-refractivity contribution in [2.75, 3.05) is 43.0 Å². The lowest BCUT2D eigenvalue weighted by atomic mass is 10.1. The molecule has 2 amide bonds. The van der Waals surface area contributed by atoms with Crippen LogP contribution in [0.4, 0.5) is 23.7 Å². The fraction of sp³-hybridized carbons (Fsp3) is 0.611. The first-order valence-corrected chi connectivity index (χ1v) is 10.1. The molecule has 1 aromatic rings. The lowest BCUT2D eigenvalue weighted by Gasteiger charge is -2.33. The second-order valence-corrected chi connectivity index (χ2v) is 7.91. The number of carbonyl (C=O) groups excluding carboxylic acids is 1. The molecule has 26 heavy (non-hydrogen) atoms. The number of thioether (sulfide) groups is 1. The summed E-state index contributed by atoms with van der Waals surface area (Å²) in [5.74, 6) is 1.80. The summed E-state index contributed by atoms with van der Waals surface area (Å²) < 4.78 is 39.5. The van der Waals surface area contributed by atoms with Gasteiger partial charge in [-0.05, 0) is 50.2 Å². The molecule has 2 saturated heterocycles. The Morgan fingerprint density at radius 3 is 2.62 bits per heavy atom. The SMILES string of the molecule is O=C(Nc1ccccc1C(F)(F)F)N1CCCSC[C@H]1CN1CCCC1. The Hall–Kier alpha value is -1.41. The van der Waals surface area contributed by atoms with Gasteiger partial charge in [0.2, 0.25) is 0 Å². The Kier molecular flexibility index (Phi) is 6.34. The minimum absolute atomic E-state index is 0.0265. The van der Waals surface area contributed by atoms with Crippen LogP contribution in [-0.2, 0) is 6.18 Å². The van der Waals surface area contributed by atoms with Crippen molar-refractivity contribution >= 4 is 23.5 Å². The first-order valence-electron chi connectivity index (χ1n) is 8.99. The summed E-state index contributed by atoms with van der Waals surface area (Å²) in [6.45, 7) is 3.44. The third kappa shape index (κ3) is 4.85. The predicted molar refractivity (Wildman–Crippen MR) is 98.6 cm³/mol. The van der Waals surface area contributed by atoms with E-state index in [-0.39, 0.29) is 11.7 Å². The van der Waals surface area contributed by atoms with Crippen molar-refractivity contribution in [3.05, 3.63) is 29.8 Å². The maximum absolute atomic E-state index is 13.2. The monoisotopic (exact) mass is 387 g/mol. The molecule has 0 spiro atoms. The number of hydrogen-bond donors (Lipinski definition) is 1. The molecule has 0 radical (unpaired) electrons. The number of amides is 2. The number of anilines is 1. The Morgan fingerprint density at radius 2 is 1.88 bits per heavy atom. The average molecular weight is 387 g/mol. The molecule has 8 heteroatoms. The smallest absolute Gasteiger partial charge is 0.319 e. The molecular weight excluding hydrogens is 363 g/mol. The van der Waals surface area contributed by atoms with Gasteiger partial charge in [0, 0.05) is 18.8 Å². The molecule has 1 aromatic carbocycles. The molecule has 2 fully saturated rings. The minimum Gasteiger partial charge on any atom is -0.319 e. The van der Waals surface area contributed by atoms with Crippen LogP contribution in [0.5, 0.6) is 0 Å². The first-order chi connectivity index (χ1) is 12.4. The Labute approximate surface area is 156 Å². The van der Waals surface area contributed by atoms with E-state index in [0.29, 0.717) is 6.54 Å². The van der Waals surface area contributed by atoms with Gasteiger partial charge in [-0.2, -0.15) is 24.9 Å². The van der Waals surface area contributed by atoms with Gasteiger partial charge in [0.1, 0.15) is 0 Å². The second-order valence-electron chi connectivity index (χ2n) is 6.76. The average Bonchev–Trinajstić information content (AvgIpc) is 2.99. The topological polar surface area (TPSA) is 35.6 Å². The zero-order valence-corrected chi connectivity index (χ0v) is 15.4. The van der Waals surface area contributed by atoms with E-state index in [0.717, 1.165) is 43.6 Å². The number of nitrogens with zero attached hydrogens (tertiary/aromatic N) is 2. The van der Waals surface area contributed by atoms with Crippen molar-refractivity contribution in [2.24, 2.45) is 0 Å². The third-order valence-corrected chi connectivity index (χ3v) is 6.04. The zero-order valence-electron chi connectivity index (χ0n) is 14.6. The molecule has 2 aliphatic rings. The van der Waals surface area contributed by atoms with Crippen LogP contribution in [0.1, 0.15) is 24.8 Å². The first kappa shape index (κ1) is 19.4. The maximum atomic E-state index is 13.2. The van der Waals surface area contributed by atoms with Gasteiger partial charge in [-0.1, -0.05) is 12.1 Å². The van der Waals surface area contributed by atoms with Crippen molar-refractivity contribution < 1.29 is 18.0 Å². The van der Waals surface area contributed by atoms with Gasteiger partial charge in [0.15, 0.2) is 0 Å². The summed E-state index contributed by atoms with van der Waals surface area (Å²) in [4.78, 5) is 16.9. The number of carbonyl (C=O) groups is 1. The molecule has 2 heterocycles. The van der Waals surface area contributed by atoms with E-state index >= 15 is 0 Å². The van der Waals surface area contributed by atoms with Crippen LogP contribution in [-0.4, -0.2) is 59.6 Å². The standard InChI is InChI=1S/C18H24F3N3OS/c19-18(20,21)15-6-1-2-7-16(15)22-17(25)24-10-5-11-26-13-14(24)12-23-8-3-4-9-23/h1-2,6-7,14H,3-5,8-13H2,(H,22,25)/t14-/m1/s1. The van der Waals surface area contributed by atoms with E-state index in [1.54, 1.807) is 4.90 Å². The number of likely N-dealkylation sites (tertiary alicyclic amines) is 1. The molecule has 2 aliphatic heterocycles. The summed E-state index contributed by atoms with van der Waals surface area (Å²) in [6, 6.07) is 4.73. The number of alkyl halides is 3. The van der Waals surface area contributed by atoms with Crippen LogP contribution in [0.2, 0.25) is 0 Å². The van der Waals surface area contributed by atoms with Crippen LogP contribution in [0, 0.1) is 0 Å². The van der Waals surface area contributed by atoms with Crippen molar-refractivity contribution in [3.63, 3.8) is 0 Å².